The Kier molecular flexibility index (Phi) is 3.93. The van der Waals surface area contributed by atoms with Crippen LogP contribution in [-0.4, -0.2) is 40.0 Å². The number of hydrogen-bond acceptors (Lipinski definition) is 6. The lowest BCUT2D eigenvalue weighted by Crippen LogP contribution is -2.20. The van der Waals surface area contributed by atoms with Crippen molar-refractivity contribution in [1.29, 1.82) is 0 Å². The molecule has 27 heavy (non-hydrogen) atoms. The fourth-order valence-corrected chi connectivity index (χ4v) is 3.17. The van der Waals surface area contributed by atoms with Crippen LogP contribution >= 0.6 is 0 Å². The maximum atomic E-state index is 4.90. The summed E-state index contributed by atoms with van der Waals surface area (Å²) in [6, 6.07) is 15.9. The zero-order valence-electron chi connectivity index (χ0n) is 14.6. The Morgan fingerprint density at radius 1 is 1.04 bits per heavy atom. The van der Waals surface area contributed by atoms with E-state index in [-0.39, 0.29) is 6.04 Å². The Hall–Kier alpha value is -3.42. The summed E-state index contributed by atoms with van der Waals surface area (Å²) in [4.78, 5) is 9.37. The summed E-state index contributed by atoms with van der Waals surface area (Å²) < 4.78 is 3.58. The molecule has 0 aliphatic heterocycles. The molecule has 0 radical (unpaired) electrons. The highest BCUT2D eigenvalue weighted by molar-refractivity contribution is 5.26. The maximum Gasteiger partial charge on any atom is 0.159 e. The van der Waals surface area contributed by atoms with Gasteiger partial charge >= 0.3 is 0 Å². The maximum absolute atomic E-state index is 4.90. The SMILES string of the molecule is c1ccc(C[C@@H](c2nc(C3CC3)nn2-c2ccccn2)n2cnnn2)cc1. The molecule has 1 atom stereocenters. The van der Waals surface area contributed by atoms with E-state index in [4.69, 9.17) is 10.1 Å². The van der Waals surface area contributed by atoms with Gasteiger partial charge in [-0.1, -0.05) is 36.4 Å². The highest BCUT2D eigenvalue weighted by Gasteiger charge is 2.32. The molecule has 8 heteroatoms. The molecule has 1 aliphatic rings. The topological polar surface area (TPSA) is 87.2 Å². The molecule has 4 aromatic rings. The van der Waals surface area contributed by atoms with Crippen molar-refractivity contribution < 1.29 is 0 Å². The zero-order chi connectivity index (χ0) is 18.1. The molecule has 5 rings (SSSR count). The molecule has 134 valence electrons. The smallest absolute Gasteiger partial charge is 0.159 e. The van der Waals surface area contributed by atoms with Crippen molar-refractivity contribution in [3.05, 3.63) is 78.3 Å². The van der Waals surface area contributed by atoms with Crippen molar-refractivity contribution >= 4 is 0 Å². The van der Waals surface area contributed by atoms with Gasteiger partial charge in [0.15, 0.2) is 17.5 Å². The highest BCUT2D eigenvalue weighted by Crippen LogP contribution is 2.39. The summed E-state index contributed by atoms with van der Waals surface area (Å²) >= 11 is 0. The summed E-state index contributed by atoms with van der Waals surface area (Å²) in [7, 11) is 0. The van der Waals surface area contributed by atoms with Crippen molar-refractivity contribution in [3.63, 3.8) is 0 Å². The van der Waals surface area contributed by atoms with Crippen LogP contribution < -0.4 is 0 Å². The molecule has 0 bridgehead atoms. The Morgan fingerprint density at radius 2 is 1.89 bits per heavy atom. The monoisotopic (exact) mass is 358 g/mol. The normalized spacial score (nSPS) is 15.0. The third kappa shape index (κ3) is 3.21. The van der Waals surface area contributed by atoms with Gasteiger partial charge in [-0.2, -0.15) is 4.68 Å². The first kappa shape index (κ1) is 15.8. The average molecular weight is 358 g/mol. The van der Waals surface area contributed by atoms with Crippen LogP contribution in [-0.2, 0) is 6.42 Å². The molecule has 0 N–H and O–H groups in total. The minimum atomic E-state index is -0.176. The van der Waals surface area contributed by atoms with Crippen molar-refractivity contribution in [1.82, 2.24) is 40.0 Å². The molecule has 1 aromatic carbocycles. The van der Waals surface area contributed by atoms with Gasteiger partial charge in [-0.3, -0.25) is 0 Å². The van der Waals surface area contributed by atoms with Crippen molar-refractivity contribution in [2.45, 2.75) is 31.2 Å². The van der Waals surface area contributed by atoms with E-state index in [0.29, 0.717) is 12.3 Å². The van der Waals surface area contributed by atoms with Crippen molar-refractivity contribution in [3.8, 4) is 5.82 Å². The summed E-state index contributed by atoms with van der Waals surface area (Å²) in [5.41, 5.74) is 1.18. The second kappa shape index (κ2) is 6.71. The zero-order valence-corrected chi connectivity index (χ0v) is 14.6. The van der Waals surface area contributed by atoms with Crippen LogP contribution in [0.2, 0.25) is 0 Å². The third-order valence-electron chi connectivity index (χ3n) is 4.71. The molecule has 0 saturated heterocycles. The number of pyridine rings is 1. The van der Waals surface area contributed by atoms with E-state index >= 15 is 0 Å². The lowest BCUT2D eigenvalue weighted by Gasteiger charge is -2.16. The van der Waals surface area contributed by atoms with Gasteiger partial charge in [0.2, 0.25) is 0 Å². The molecule has 1 fully saturated rings. The summed E-state index contributed by atoms with van der Waals surface area (Å²) in [5, 5.41) is 16.6. The van der Waals surface area contributed by atoms with E-state index in [9.17, 15) is 0 Å². The Morgan fingerprint density at radius 3 is 2.59 bits per heavy atom. The fourth-order valence-electron chi connectivity index (χ4n) is 3.17. The molecule has 0 amide bonds. The molecule has 1 saturated carbocycles. The van der Waals surface area contributed by atoms with Crippen LogP contribution in [0.4, 0.5) is 0 Å². The fraction of sp³-hybridized carbons (Fsp3) is 0.263. The standard InChI is InChI=1S/C19H18N8/c1-2-6-14(7-3-1)12-16(26-13-21-24-25-26)19-22-18(15-9-10-15)23-27(19)17-8-4-5-11-20-17/h1-8,11,13,15-16H,9-10,12H2/t16-/m0/s1. The number of nitrogens with zero attached hydrogens (tertiary/aromatic N) is 8. The summed E-state index contributed by atoms with van der Waals surface area (Å²) in [5.74, 6) is 2.87. The first-order chi connectivity index (χ1) is 13.4. The number of benzene rings is 1. The van der Waals surface area contributed by atoms with Gasteiger partial charge in [0.1, 0.15) is 12.4 Å². The molecular formula is C19H18N8. The van der Waals surface area contributed by atoms with E-state index in [1.165, 1.54) is 5.56 Å². The van der Waals surface area contributed by atoms with Crippen LogP contribution in [0.3, 0.4) is 0 Å². The Labute approximate surface area is 155 Å². The molecule has 8 nitrogen and oxygen atoms in total. The van der Waals surface area contributed by atoms with Gasteiger partial charge in [-0.05, 0) is 41.0 Å². The van der Waals surface area contributed by atoms with Crippen LogP contribution in [0.5, 0.6) is 0 Å². The minimum Gasteiger partial charge on any atom is -0.237 e. The molecule has 0 unspecified atom stereocenters. The highest BCUT2D eigenvalue weighted by atomic mass is 15.5. The predicted molar refractivity (Wildman–Crippen MR) is 97.2 cm³/mol. The summed E-state index contributed by atoms with van der Waals surface area (Å²) in [6.45, 7) is 0. The first-order valence-corrected chi connectivity index (χ1v) is 9.03. The second-order valence-corrected chi connectivity index (χ2v) is 6.70. The van der Waals surface area contributed by atoms with Gasteiger partial charge in [-0.25, -0.2) is 14.6 Å². The van der Waals surface area contributed by atoms with Crippen molar-refractivity contribution in [2.75, 3.05) is 0 Å². The predicted octanol–water partition coefficient (Wildman–Crippen LogP) is 2.36. The third-order valence-corrected chi connectivity index (χ3v) is 4.71. The summed E-state index contributed by atoms with van der Waals surface area (Å²) in [6.07, 6.45) is 6.38. The number of tetrazole rings is 1. The molecular weight excluding hydrogens is 340 g/mol. The minimum absolute atomic E-state index is 0.176. The van der Waals surface area contributed by atoms with Gasteiger partial charge in [0, 0.05) is 18.5 Å². The quantitative estimate of drug-likeness (QED) is 0.526. The molecule has 0 spiro atoms. The van der Waals surface area contributed by atoms with Crippen LogP contribution in [0, 0.1) is 0 Å². The van der Waals surface area contributed by atoms with Crippen molar-refractivity contribution in [2.24, 2.45) is 0 Å². The lowest BCUT2D eigenvalue weighted by molar-refractivity contribution is 0.469. The van der Waals surface area contributed by atoms with Gasteiger partial charge in [0.25, 0.3) is 0 Å². The lowest BCUT2D eigenvalue weighted by atomic mass is 10.1. The Balaban J connectivity index is 1.62. The van der Waals surface area contributed by atoms with Gasteiger partial charge < -0.3 is 0 Å². The van der Waals surface area contributed by atoms with Gasteiger partial charge in [-0.15, -0.1) is 10.2 Å². The average Bonchev–Trinajstić information content (AvgIpc) is 3.26. The van der Waals surface area contributed by atoms with E-state index < -0.39 is 0 Å². The number of hydrogen-bond donors (Lipinski definition) is 0. The molecule has 3 heterocycles. The van der Waals surface area contributed by atoms with E-state index in [1.54, 1.807) is 17.2 Å². The van der Waals surface area contributed by atoms with Crippen LogP contribution in [0.15, 0.2) is 61.1 Å². The van der Waals surface area contributed by atoms with Crippen LogP contribution in [0.1, 0.15) is 42.0 Å². The van der Waals surface area contributed by atoms with Crippen LogP contribution in [0.25, 0.3) is 5.82 Å². The second-order valence-electron chi connectivity index (χ2n) is 6.70. The molecule has 3 aromatic heterocycles. The van der Waals surface area contributed by atoms with Gasteiger partial charge in [0.05, 0.1) is 0 Å². The van der Waals surface area contributed by atoms with E-state index in [2.05, 4.69) is 32.6 Å². The van der Waals surface area contributed by atoms with E-state index in [0.717, 1.165) is 30.3 Å². The largest absolute Gasteiger partial charge is 0.237 e. The Bertz CT molecular complexity index is 1010. The molecule has 1 aliphatic carbocycles. The first-order valence-electron chi connectivity index (χ1n) is 9.03. The van der Waals surface area contributed by atoms with E-state index in [1.807, 2.05) is 41.1 Å². The number of aromatic nitrogens is 8. The number of rotatable bonds is 6.